The lowest BCUT2D eigenvalue weighted by molar-refractivity contribution is 0.0940. The summed E-state index contributed by atoms with van der Waals surface area (Å²) < 4.78 is 22.2. The van der Waals surface area contributed by atoms with Gasteiger partial charge in [-0.1, -0.05) is 41.4 Å². The number of amides is 1. The van der Waals surface area contributed by atoms with Crippen molar-refractivity contribution in [3.63, 3.8) is 0 Å². The maximum Gasteiger partial charge on any atom is 0.257 e. The summed E-state index contributed by atoms with van der Waals surface area (Å²) in [5.74, 6) is 0.917. The highest BCUT2D eigenvalue weighted by atomic mass is 35.5. The number of carbonyl (C=O) groups excluding carboxylic acids is 1. The van der Waals surface area contributed by atoms with Gasteiger partial charge in [0.15, 0.2) is 5.75 Å². The summed E-state index contributed by atoms with van der Waals surface area (Å²) in [4.78, 5) is 13.1. The number of rotatable bonds is 7. The van der Waals surface area contributed by atoms with E-state index in [1.165, 1.54) is 47.6 Å². The zero-order valence-corrected chi connectivity index (χ0v) is 18.9. The molecule has 168 valence electrons. The normalized spacial score (nSPS) is 14.3. The molecule has 1 N–H and O–H groups in total. The molecular weight excluding hydrogens is 466 g/mol. The monoisotopic (exact) mass is 484 g/mol. The van der Waals surface area contributed by atoms with Crippen molar-refractivity contribution in [1.29, 1.82) is 0 Å². The van der Waals surface area contributed by atoms with Crippen LogP contribution in [0.2, 0.25) is 10.0 Å². The molecule has 6 nitrogen and oxygen atoms in total. The third kappa shape index (κ3) is 4.65. The van der Waals surface area contributed by atoms with E-state index in [9.17, 15) is 9.18 Å². The molecule has 1 amide bonds. The Morgan fingerprint density at radius 2 is 2.03 bits per heavy atom. The van der Waals surface area contributed by atoms with Crippen molar-refractivity contribution in [3.05, 3.63) is 87.7 Å². The van der Waals surface area contributed by atoms with Crippen LogP contribution in [0.1, 0.15) is 46.4 Å². The number of hydrogen-bond donors (Lipinski definition) is 1. The van der Waals surface area contributed by atoms with Gasteiger partial charge in [-0.05, 0) is 54.7 Å². The average Bonchev–Trinajstić information content (AvgIpc) is 3.55. The van der Waals surface area contributed by atoms with Gasteiger partial charge >= 0.3 is 0 Å². The van der Waals surface area contributed by atoms with Crippen LogP contribution in [0.25, 0.3) is 5.52 Å². The van der Waals surface area contributed by atoms with Crippen molar-refractivity contribution in [1.82, 2.24) is 20.1 Å². The third-order valence-electron chi connectivity index (χ3n) is 5.51. The molecule has 0 bridgehead atoms. The number of nitrogens with one attached hydrogen (secondary N) is 1. The van der Waals surface area contributed by atoms with Gasteiger partial charge in [-0.2, -0.15) is 14.8 Å². The van der Waals surface area contributed by atoms with Crippen LogP contribution in [0, 0.1) is 0 Å². The molecule has 1 atom stereocenters. The van der Waals surface area contributed by atoms with Crippen LogP contribution < -0.4 is 10.1 Å². The number of aromatic nitrogens is 3. The fraction of sp³-hybridized carbons (Fsp3) is 0.208. The molecule has 1 saturated carbocycles. The van der Waals surface area contributed by atoms with Crippen molar-refractivity contribution in [3.8, 4) is 11.5 Å². The lowest BCUT2D eigenvalue weighted by Crippen LogP contribution is -2.28. The Hall–Kier alpha value is -3.16. The molecule has 5 rings (SSSR count). The van der Waals surface area contributed by atoms with Crippen molar-refractivity contribution in [2.45, 2.75) is 24.9 Å². The minimum Gasteiger partial charge on any atom is -0.455 e. The van der Waals surface area contributed by atoms with Crippen LogP contribution in [0.15, 0.2) is 60.9 Å². The Kier molecular flexibility index (Phi) is 5.91. The van der Waals surface area contributed by atoms with Gasteiger partial charge in [0.25, 0.3) is 5.91 Å². The Morgan fingerprint density at radius 3 is 2.82 bits per heavy atom. The van der Waals surface area contributed by atoms with Gasteiger partial charge < -0.3 is 10.1 Å². The van der Waals surface area contributed by atoms with Crippen LogP contribution in [-0.2, 0) is 0 Å². The van der Waals surface area contributed by atoms with Crippen LogP contribution in [0.5, 0.6) is 11.5 Å². The van der Waals surface area contributed by atoms with Gasteiger partial charge in [0, 0.05) is 15.6 Å². The number of halogens is 3. The van der Waals surface area contributed by atoms with E-state index in [0.29, 0.717) is 22.2 Å². The van der Waals surface area contributed by atoms with Crippen molar-refractivity contribution < 1.29 is 13.9 Å². The number of alkyl halides is 1. The van der Waals surface area contributed by atoms with Crippen LogP contribution >= 0.6 is 23.2 Å². The standard InChI is InChI=1S/C24H19Cl2FN4O2/c25-16-6-7-18(19(26)11-16)20(27)12-28-24(32)23-21-8-9-29-31(21)30-13-22(23)33-17-3-1-2-15(10-17)14-4-5-14/h1-3,6-11,13-14,20H,4-5,12H2,(H,28,32). The van der Waals surface area contributed by atoms with E-state index < -0.39 is 12.1 Å². The number of fused-ring (bicyclic) bond motifs is 1. The summed E-state index contributed by atoms with van der Waals surface area (Å²) in [6.45, 7) is -0.278. The fourth-order valence-electron chi connectivity index (χ4n) is 3.69. The molecule has 1 aliphatic rings. The second kappa shape index (κ2) is 9.00. The molecule has 2 aromatic carbocycles. The second-order valence-corrected chi connectivity index (χ2v) is 8.73. The molecule has 2 aromatic heterocycles. The summed E-state index contributed by atoms with van der Waals surface area (Å²) in [6, 6.07) is 14.0. The molecule has 9 heteroatoms. The van der Waals surface area contributed by atoms with Gasteiger partial charge in [0.05, 0.1) is 18.9 Å². The number of ether oxygens (including phenoxy) is 1. The SMILES string of the molecule is O=C(NCC(F)c1ccc(Cl)cc1Cl)c1c(Oc2cccc(C3CC3)c2)cnn2nccc12. The lowest BCUT2D eigenvalue weighted by atomic mass is 10.1. The Morgan fingerprint density at radius 1 is 1.18 bits per heavy atom. The first kappa shape index (κ1) is 21.7. The Bertz CT molecular complexity index is 1340. The summed E-state index contributed by atoms with van der Waals surface area (Å²) in [6.07, 6.45) is 3.79. The highest BCUT2D eigenvalue weighted by Crippen LogP contribution is 2.41. The van der Waals surface area contributed by atoms with Crippen LogP contribution in [0.3, 0.4) is 0 Å². The highest BCUT2D eigenvalue weighted by Gasteiger charge is 2.25. The molecule has 1 aliphatic carbocycles. The van der Waals surface area contributed by atoms with Crippen molar-refractivity contribution in [2.24, 2.45) is 0 Å². The van der Waals surface area contributed by atoms with Gasteiger partial charge in [0.1, 0.15) is 23.0 Å². The maximum atomic E-state index is 14.8. The Balaban J connectivity index is 1.39. The molecule has 4 aromatic rings. The molecule has 1 unspecified atom stereocenters. The van der Waals surface area contributed by atoms with Gasteiger partial charge in [-0.25, -0.2) is 4.39 Å². The second-order valence-electron chi connectivity index (χ2n) is 7.88. The molecule has 1 fully saturated rings. The van der Waals surface area contributed by atoms with E-state index in [1.807, 2.05) is 18.2 Å². The van der Waals surface area contributed by atoms with Gasteiger partial charge in [-0.15, -0.1) is 0 Å². The van der Waals surface area contributed by atoms with E-state index >= 15 is 0 Å². The minimum atomic E-state index is -1.51. The fourth-order valence-corrected chi connectivity index (χ4v) is 4.21. The quantitative estimate of drug-likeness (QED) is 0.341. The zero-order valence-electron chi connectivity index (χ0n) is 17.3. The predicted molar refractivity (Wildman–Crippen MR) is 124 cm³/mol. The van der Waals surface area contributed by atoms with Crippen LogP contribution in [0.4, 0.5) is 4.39 Å². The van der Waals surface area contributed by atoms with E-state index in [0.717, 1.165) is 0 Å². The lowest BCUT2D eigenvalue weighted by Gasteiger charge is -2.15. The summed E-state index contributed by atoms with van der Waals surface area (Å²) >= 11 is 12.0. The molecule has 0 saturated heterocycles. The average molecular weight is 485 g/mol. The molecule has 2 heterocycles. The summed E-state index contributed by atoms with van der Waals surface area (Å²) in [5, 5.41) is 11.5. The van der Waals surface area contributed by atoms with Gasteiger partial charge in [0.2, 0.25) is 0 Å². The van der Waals surface area contributed by atoms with Crippen molar-refractivity contribution in [2.75, 3.05) is 6.54 Å². The number of nitrogens with zero attached hydrogens (tertiary/aromatic N) is 3. The van der Waals surface area contributed by atoms with E-state index in [1.54, 1.807) is 12.1 Å². The number of carbonyl (C=O) groups is 1. The van der Waals surface area contributed by atoms with E-state index in [4.69, 9.17) is 27.9 Å². The molecular formula is C24H19Cl2FN4O2. The predicted octanol–water partition coefficient (Wildman–Crippen LogP) is 6.15. The molecule has 0 radical (unpaired) electrons. The first-order valence-electron chi connectivity index (χ1n) is 10.5. The van der Waals surface area contributed by atoms with E-state index in [-0.39, 0.29) is 28.4 Å². The highest BCUT2D eigenvalue weighted by molar-refractivity contribution is 6.35. The Labute approximate surface area is 199 Å². The maximum absolute atomic E-state index is 14.8. The van der Waals surface area contributed by atoms with Crippen LogP contribution in [-0.4, -0.2) is 27.3 Å². The largest absolute Gasteiger partial charge is 0.455 e. The topological polar surface area (TPSA) is 68.5 Å². The third-order valence-corrected chi connectivity index (χ3v) is 6.08. The minimum absolute atomic E-state index is 0.200. The summed E-state index contributed by atoms with van der Waals surface area (Å²) in [5.41, 5.74) is 2.12. The van der Waals surface area contributed by atoms with Gasteiger partial charge in [-0.3, -0.25) is 4.79 Å². The van der Waals surface area contributed by atoms with Crippen molar-refractivity contribution >= 4 is 34.6 Å². The number of benzene rings is 2. The smallest absolute Gasteiger partial charge is 0.257 e. The summed E-state index contributed by atoms with van der Waals surface area (Å²) in [7, 11) is 0. The first-order chi connectivity index (χ1) is 16.0. The molecule has 0 spiro atoms. The number of hydrogen-bond acceptors (Lipinski definition) is 4. The molecule has 0 aliphatic heterocycles. The molecule has 33 heavy (non-hydrogen) atoms. The zero-order chi connectivity index (χ0) is 22.9. The first-order valence-corrected chi connectivity index (χ1v) is 11.2. The van der Waals surface area contributed by atoms with E-state index in [2.05, 4.69) is 21.6 Å².